The van der Waals surface area contributed by atoms with Crippen molar-refractivity contribution in [3.63, 3.8) is 0 Å². The van der Waals surface area contributed by atoms with Gasteiger partial charge in [0.1, 0.15) is 5.52 Å². The topological polar surface area (TPSA) is 95.5 Å². The average Bonchev–Trinajstić information content (AvgIpc) is 2.95. The fourth-order valence-corrected chi connectivity index (χ4v) is 5.33. The first-order valence-corrected chi connectivity index (χ1v) is 13.2. The van der Waals surface area contributed by atoms with Crippen LogP contribution in [-0.2, 0) is 9.53 Å². The summed E-state index contributed by atoms with van der Waals surface area (Å²) in [5.41, 5.74) is 4.28. The van der Waals surface area contributed by atoms with Crippen LogP contribution >= 0.6 is 13.5 Å². The average molecular weight is 558 g/mol. The van der Waals surface area contributed by atoms with Crippen molar-refractivity contribution in [2.45, 2.75) is 24.9 Å². The molecule has 4 heterocycles. The van der Waals surface area contributed by atoms with E-state index >= 15 is 0 Å². The molecule has 3 fully saturated rings. The molecule has 1 aliphatic carbocycles. The number of piperazine rings is 1. The number of anilines is 2. The molecule has 2 aliphatic heterocycles. The van der Waals surface area contributed by atoms with E-state index in [-0.39, 0.29) is 38.3 Å². The van der Waals surface area contributed by atoms with E-state index in [4.69, 9.17) is 9.72 Å². The van der Waals surface area contributed by atoms with Crippen LogP contribution in [0.5, 0.6) is 0 Å². The van der Waals surface area contributed by atoms with Crippen LogP contribution in [0.4, 0.5) is 20.3 Å². The number of benzene rings is 1. The van der Waals surface area contributed by atoms with E-state index in [1.54, 1.807) is 17.3 Å². The first-order chi connectivity index (χ1) is 18.4. The zero-order valence-electron chi connectivity index (χ0n) is 21.6. The number of halogens is 2. The molecule has 3 aromatic rings. The third-order valence-corrected chi connectivity index (χ3v) is 7.52. The lowest BCUT2D eigenvalue weighted by molar-refractivity contribution is -0.160. The maximum atomic E-state index is 13.2. The van der Waals surface area contributed by atoms with Crippen molar-refractivity contribution in [2.24, 2.45) is 5.92 Å². The van der Waals surface area contributed by atoms with Crippen LogP contribution in [0.25, 0.3) is 22.3 Å². The van der Waals surface area contributed by atoms with Crippen LogP contribution in [0.15, 0.2) is 42.7 Å². The lowest BCUT2D eigenvalue weighted by Crippen LogP contribution is -2.53. The molecule has 1 atom stereocenters. The fourth-order valence-electron chi connectivity index (χ4n) is 5.33. The molecule has 6 rings (SSSR count). The molecule has 2 N–H and O–H groups in total. The number of hydrogen-bond donors (Lipinski definition) is 2. The Morgan fingerprint density at radius 2 is 1.85 bits per heavy atom. The molecule has 1 aromatic carbocycles. The predicted molar refractivity (Wildman–Crippen MR) is 151 cm³/mol. The van der Waals surface area contributed by atoms with E-state index in [1.807, 2.05) is 18.2 Å². The molecule has 1 amide bonds. The summed E-state index contributed by atoms with van der Waals surface area (Å²) >= 11 is 0. The second kappa shape index (κ2) is 11.6. The Hall–Kier alpha value is -3.09. The Morgan fingerprint density at radius 3 is 2.54 bits per heavy atom. The SMILES string of the molecule is O=C(C1CC(F)(F)C1)N1CCN(c2ccc(-c3cc4nccnc4c(NC[C@@H]4CNCCO4)n3)cc2)CC1.S. The number of fused-ring (bicyclic) bond motifs is 1. The van der Waals surface area contributed by atoms with Crippen LogP contribution in [0.3, 0.4) is 0 Å². The monoisotopic (exact) mass is 557 g/mol. The molecule has 208 valence electrons. The predicted octanol–water partition coefficient (Wildman–Crippen LogP) is 2.90. The van der Waals surface area contributed by atoms with Crippen molar-refractivity contribution in [3.05, 3.63) is 42.7 Å². The van der Waals surface area contributed by atoms with E-state index in [2.05, 4.69) is 37.6 Å². The number of carbonyl (C=O) groups is 1. The molecule has 12 heteroatoms. The number of aromatic nitrogens is 3. The quantitative estimate of drug-likeness (QED) is 0.478. The van der Waals surface area contributed by atoms with Gasteiger partial charge in [-0.25, -0.2) is 18.7 Å². The van der Waals surface area contributed by atoms with Gasteiger partial charge in [-0.15, -0.1) is 0 Å². The Labute approximate surface area is 232 Å². The van der Waals surface area contributed by atoms with Gasteiger partial charge in [0, 0.05) is 88.2 Å². The minimum atomic E-state index is -2.67. The first-order valence-electron chi connectivity index (χ1n) is 13.2. The van der Waals surface area contributed by atoms with Crippen LogP contribution in [0, 0.1) is 5.92 Å². The number of alkyl halides is 2. The Kier molecular flexibility index (Phi) is 8.15. The van der Waals surface area contributed by atoms with Crippen molar-refractivity contribution >= 4 is 41.9 Å². The van der Waals surface area contributed by atoms with Gasteiger partial charge in [-0.2, -0.15) is 13.5 Å². The number of carbonyl (C=O) groups excluding carboxylic acids is 1. The van der Waals surface area contributed by atoms with E-state index in [1.165, 1.54) is 0 Å². The number of hydrogen-bond acceptors (Lipinski definition) is 8. The van der Waals surface area contributed by atoms with E-state index in [0.29, 0.717) is 45.1 Å². The van der Waals surface area contributed by atoms with Gasteiger partial charge in [0.05, 0.1) is 23.9 Å². The zero-order chi connectivity index (χ0) is 26.1. The summed E-state index contributed by atoms with van der Waals surface area (Å²) in [4.78, 5) is 30.3. The third kappa shape index (κ3) is 6.07. The molecular weight excluding hydrogens is 524 g/mol. The zero-order valence-corrected chi connectivity index (χ0v) is 22.6. The lowest BCUT2D eigenvalue weighted by atomic mass is 9.80. The van der Waals surface area contributed by atoms with Crippen molar-refractivity contribution in [1.29, 1.82) is 0 Å². The summed E-state index contributed by atoms with van der Waals surface area (Å²) in [6.07, 6.45) is 2.77. The smallest absolute Gasteiger partial charge is 0.249 e. The van der Waals surface area contributed by atoms with Crippen LogP contribution in [0.1, 0.15) is 12.8 Å². The first kappa shape index (κ1) is 27.5. The molecule has 3 aliphatic rings. The van der Waals surface area contributed by atoms with Gasteiger partial charge in [-0.1, -0.05) is 12.1 Å². The fraction of sp³-hybridized carbons (Fsp3) is 0.481. The Bertz CT molecular complexity index is 1290. The summed E-state index contributed by atoms with van der Waals surface area (Å²) in [5.74, 6) is -2.66. The number of ether oxygens (including phenoxy) is 1. The highest BCUT2D eigenvalue weighted by Crippen LogP contribution is 2.43. The number of nitrogens with one attached hydrogen (secondary N) is 2. The maximum absolute atomic E-state index is 13.2. The summed E-state index contributed by atoms with van der Waals surface area (Å²) in [5, 5.41) is 6.74. The number of amides is 1. The van der Waals surface area contributed by atoms with Gasteiger partial charge in [0.25, 0.3) is 0 Å². The molecule has 1 saturated carbocycles. The molecule has 2 saturated heterocycles. The largest absolute Gasteiger partial charge is 0.374 e. The minimum absolute atomic E-state index is 0. The lowest BCUT2D eigenvalue weighted by Gasteiger charge is -2.41. The molecular formula is C27H33F2N7O2S. The second-order valence-electron chi connectivity index (χ2n) is 10.2. The highest BCUT2D eigenvalue weighted by Gasteiger charge is 2.49. The van der Waals surface area contributed by atoms with E-state index < -0.39 is 11.8 Å². The summed E-state index contributed by atoms with van der Waals surface area (Å²) in [7, 11) is 0. The molecule has 0 unspecified atom stereocenters. The highest BCUT2D eigenvalue weighted by atomic mass is 32.1. The van der Waals surface area contributed by atoms with Crippen LogP contribution in [-0.4, -0.2) is 90.2 Å². The summed E-state index contributed by atoms with van der Waals surface area (Å²) in [6, 6.07) is 10.1. The molecule has 0 radical (unpaired) electrons. The van der Waals surface area contributed by atoms with Crippen LogP contribution < -0.4 is 15.5 Å². The summed E-state index contributed by atoms with van der Waals surface area (Å²) in [6.45, 7) is 5.39. The van der Waals surface area contributed by atoms with Gasteiger partial charge < -0.3 is 25.2 Å². The van der Waals surface area contributed by atoms with Crippen molar-refractivity contribution < 1.29 is 18.3 Å². The van der Waals surface area contributed by atoms with Gasteiger partial charge in [-0.3, -0.25) is 9.78 Å². The maximum Gasteiger partial charge on any atom is 0.249 e. The number of morpholine rings is 1. The number of nitrogens with zero attached hydrogens (tertiary/aromatic N) is 5. The molecule has 0 spiro atoms. The number of pyridine rings is 1. The molecule has 9 nitrogen and oxygen atoms in total. The van der Waals surface area contributed by atoms with Gasteiger partial charge in [0.15, 0.2) is 5.82 Å². The van der Waals surface area contributed by atoms with Crippen molar-refractivity contribution in [3.8, 4) is 11.3 Å². The Balaban J connectivity index is 0.00000308. The summed E-state index contributed by atoms with van der Waals surface area (Å²) < 4.78 is 32.1. The molecule has 0 bridgehead atoms. The van der Waals surface area contributed by atoms with Crippen LogP contribution in [0.2, 0.25) is 0 Å². The van der Waals surface area contributed by atoms with Gasteiger partial charge in [-0.05, 0) is 18.2 Å². The third-order valence-electron chi connectivity index (χ3n) is 7.52. The standard InChI is InChI=1S/C27H31F2N7O2.H2S/c28-27(29)14-19(15-27)26(37)36-10-8-35(9-11-36)20-3-1-18(2-4-20)22-13-23-24(32-6-5-31-23)25(34-22)33-17-21-16-30-7-12-38-21;/h1-6,13,19,21,30H,7-12,14-17H2,(H,33,34);1H2/t21-;/m0./s1. The normalized spacial score (nSPS) is 21.2. The van der Waals surface area contributed by atoms with E-state index in [0.717, 1.165) is 41.1 Å². The van der Waals surface area contributed by atoms with Gasteiger partial charge in [0.2, 0.25) is 11.8 Å². The molecule has 2 aromatic heterocycles. The number of rotatable bonds is 6. The molecule has 39 heavy (non-hydrogen) atoms. The van der Waals surface area contributed by atoms with Crippen molar-refractivity contribution in [1.82, 2.24) is 25.2 Å². The highest BCUT2D eigenvalue weighted by molar-refractivity contribution is 7.59. The van der Waals surface area contributed by atoms with Crippen molar-refractivity contribution in [2.75, 3.05) is 62.6 Å². The second-order valence-corrected chi connectivity index (χ2v) is 10.2. The minimum Gasteiger partial charge on any atom is -0.374 e. The van der Waals surface area contributed by atoms with Gasteiger partial charge >= 0.3 is 0 Å². The Morgan fingerprint density at radius 1 is 1.10 bits per heavy atom. The van der Waals surface area contributed by atoms with E-state index in [9.17, 15) is 13.6 Å².